The van der Waals surface area contributed by atoms with E-state index >= 15 is 0 Å². The molecule has 5 heteroatoms. The normalized spacial score (nSPS) is 12.5. The summed E-state index contributed by atoms with van der Waals surface area (Å²) in [4.78, 5) is 0. The SMILES string of the molecule is Cc1cc(F)cc(C(NN)c2c(F)cccc2F)c1. The van der Waals surface area contributed by atoms with E-state index in [2.05, 4.69) is 5.43 Å². The summed E-state index contributed by atoms with van der Waals surface area (Å²) in [5, 5.41) is 0. The van der Waals surface area contributed by atoms with Crippen LogP contribution in [0.2, 0.25) is 0 Å². The van der Waals surface area contributed by atoms with Gasteiger partial charge in [-0.25, -0.2) is 18.6 Å². The molecule has 0 aliphatic carbocycles. The molecule has 0 fully saturated rings. The van der Waals surface area contributed by atoms with E-state index in [1.165, 1.54) is 18.2 Å². The molecule has 0 amide bonds. The van der Waals surface area contributed by atoms with Crippen LogP contribution in [0.25, 0.3) is 0 Å². The maximum absolute atomic E-state index is 13.7. The monoisotopic (exact) mass is 266 g/mol. The van der Waals surface area contributed by atoms with E-state index in [4.69, 9.17) is 5.84 Å². The van der Waals surface area contributed by atoms with Crippen molar-refractivity contribution < 1.29 is 13.2 Å². The highest BCUT2D eigenvalue weighted by Crippen LogP contribution is 2.27. The Morgan fingerprint density at radius 1 is 1.05 bits per heavy atom. The Morgan fingerprint density at radius 3 is 2.21 bits per heavy atom. The van der Waals surface area contributed by atoms with Crippen molar-refractivity contribution in [3.05, 3.63) is 70.5 Å². The van der Waals surface area contributed by atoms with Crippen LogP contribution < -0.4 is 11.3 Å². The van der Waals surface area contributed by atoms with Crippen LogP contribution in [0, 0.1) is 24.4 Å². The Labute approximate surface area is 109 Å². The van der Waals surface area contributed by atoms with Gasteiger partial charge in [0.05, 0.1) is 6.04 Å². The van der Waals surface area contributed by atoms with Crippen molar-refractivity contribution in [3.8, 4) is 0 Å². The third kappa shape index (κ3) is 2.77. The molecule has 100 valence electrons. The lowest BCUT2D eigenvalue weighted by Gasteiger charge is -2.18. The molecule has 0 aromatic heterocycles. The molecule has 0 heterocycles. The van der Waals surface area contributed by atoms with Gasteiger partial charge in [0.25, 0.3) is 0 Å². The average Bonchev–Trinajstić information content (AvgIpc) is 2.32. The van der Waals surface area contributed by atoms with Crippen LogP contribution >= 0.6 is 0 Å². The molecule has 0 bridgehead atoms. The highest BCUT2D eigenvalue weighted by molar-refractivity contribution is 5.35. The summed E-state index contributed by atoms with van der Waals surface area (Å²) in [6.07, 6.45) is 0. The third-order valence-corrected chi connectivity index (χ3v) is 2.85. The van der Waals surface area contributed by atoms with Crippen molar-refractivity contribution in [2.24, 2.45) is 5.84 Å². The number of hydrogen-bond acceptors (Lipinski definition) is 2. The van der Waals surface area contributed by atoms with E-state index in [1.54, 1.807) is 13.0 Å². The molecular formula is C14H13F3N2. The second kappa shape index (κ2) is 5.42. The van der Waals surface area contributed by atoms with Gasteiger partial charge in [-0.3, -0.25) is 5.84 Å². The fraction of sp³-hybridized carbons (Fsp3) is 0.143. The zero-order valence-corrected chi connectivity index (χ0v) is 10.3. The van der Waals surface area contributed by atoms with Crippen molar-refractivity contribution in [1.82, 2.24) is 5.43 Å². The number of hydrazine groups is 1. The van der Waals surface area contributed by atoms with Crippen LogP contribution in [-0.2, 0) is 0 Å². The topological polar surface area (TPSA) is 38.0 Å². The summed E-state index contributed by atoms with van der Waals surface area (Å²) in [6.45, 7) is 1.69. The zero-order chi connectivity index (χ0) is 14.0. The maximum atomic E-state index is 13.7. The second-order valence-electron chi connectivity index (χ2n) is 4.30. The smallest absolute Gasteiger partial charge is 0.131 e. The lowest BCUT2D eigenvalue weighted by atomic mass is 9.97. The van der Waals surface area contributed by atoms with E-state index in [-0.39, 0.29) is 5.56 Å². The predicted molar refractivity (Wildman–Crippen MR) is 66.7 cm³/mol. The van der Waals surface area contributed by atoms with Gasteiger partial charge >= 0.3 is 0 Å². The van der Waals surface area contributed by atoms with Gasteiger partial charge in [0.15, 0.2) is 0 Å². The van der Waals surface area contributed by atoms with Gasteiger partial charge in [0, 0.05) is 5.56 Å². The van der Waals surface area contributed by atoms with Crippen molar-refractivity contribution >= 4 is 0 Å². The number of rotatable bonds is 3. The largest absolute Gasteiger partial charge is 0.271 e. The van der Waals surface area contributed by atoms with Crippen LogP contribution in [0.5, 0.6) is 0 Å². The molecule has 3 N–H and O–H groups in total. The average molecular weight is 266 g/mol. The van der Waals surface area contributed by atoms with Crippen LogP contribution in [0.3, 0.4) is 0 Å². The molecular weight excluding hydrogens is 253 g/mol. The van der Waals surface area contributed by atoms with Crippen molar-refractivity contribution in [2.45, 2.75) is 13.0 Å². The molecule has 0 aliphatic heterocycles. The minimum absolute atomic E-state index is 0.227. The molecule has 1 unspecified atom stereocenters. The van der Waals surface area contributed by atoms with Gasteiger partial charge in [-0.1, -0.05) is 12.1 Å². The fourth-order valence-electron chi connectivity index (χ4n) is 2.06. The first-order valence-corrected chi connectivity index (χ1v) is 5.70. The second-order valence-corrected chi connectivity index (χ2v) is 4.30. The van der Waals surface area contributed by atoms with E-state index in [0.29, 0.717) is 11.1 Å². The molecule has 0 aliphatic rings. The highest BCUT2D eigenvalue weighted by Gasteiger charge is 2.21. The Bertz CT molecular complexity index is 559. The van der Waals surface area contributed by atoms with Gasteiger partial charge in [-0.05, 0) is 42.3 Å². The fourth-order valence-corrected chi connectivity index (χ4v) is 2.06. The minimum atomic E-state index is -0.949. The lowest BCUT2D eigenvalue weighted by Crippen LogP contribution is -2.30. The van der Waals surface area contributed by atoms with Crippen molar-refractivity contribution in [1.29, 1.82) is 0 Å². The van der Waals surface area contributed by atoms with Gasteiger partial charge in [0.2, 0.25) is 0 Å². The summed E-state index contributed by atoms with van der Waals surface area (Å²) in [6, 6.07) is 6.73. The Balaban J connectivity index is 2.56. The maximum Gasteiger partial charge on any atom is 0.131 e. The molecule has 19 heavy (non-hydrogen) atoms. The van der Waals surface area contributed by atoms with E-state index in [9.17, 15) is 13.2 Å². The van der Waals surface area contributed by atoms with E-state index in [0.717, 1.165) is 12.1 Å². The quantitative estimate of drug-likeness (QED) is 0.662. The standard InChI is InChI=1S/C14H13F3N2/c1-8-5-9(7-10(15)6-8)14(19-18)13-11(16)3-2-4-12(13)17/h2-7,14,19H,18H2,1H3. The molecule has 1 atom stereocenters. The molecule has 0 radical (unpaired) electrons. The predicted octanol–water partition coefficient (Wildman–Crippen LogP) is 2.97. The van der Waals surface area contributed by atoms with Crippen LogP contribution in [0.4, 0.5) is 13.2 Å². The Kier molecular flexibility index (Phi) is 3.87. The van der Waals surface area contributed by atoms with Crippen LogP contribution in [0.1, 0.15) is 22.7 Å². The number of hydrogen-bond donors (Lipinski definition) is 2. The molecule has 2 nitrogen and oxygen atoms in total. The molecule has 2 aromatic carbocycles. The van der Waals surface area contributed by atoms with Gasteiger partial charge < -0.3 is 0 Å². The van der Waals surface area contributed by atoms with Crippen LogP contribution in [-0.4, -0.2) is 0 Å². The summed E-state index contributed by atoms with van der Waals surface area (Å²) >= 11 is 0. The molecule has 2 rings (SSSR count). The Hall–Kier alpha value is -1.85. The minimum Gasteiger partial charge on any atom is -0.271 e. The van der Waals surface area contributed by atoms with Gasteiger partial charge in [-0.2, -0.15) is 0 Å². The van der Waals surface area contributed by atoms with Gasteiger partial charge in [0.1, 0.15) is 17.5 Å². The molecule has 2 aromatic rings. The number of nitrogens with two attached hydrogens (primary N) is 1. The summed E-state index contributed by atoms with van der Waals surface area (Å²) < 4.78 is 40.9. The third-order valence-electron chi connectivity index (χ3n) is 2.85. The summed E-state index contributed by atoms with van der Waals surface area (Å²) in [5.74, 6) is 3.43. The lowest BCUT2D eigenvalue weighted by molar-refractivity contribution is 0.508. The molecule has 0 saturated heterocycles. The Morgan fingerprint density at radius 2 is 1.68 bits per heavy atom. The first-order chi connectivity index (χ1) is 9.02. The number of benzene rings is 2. The van der Waals surface area contributed by atoms with Gasteiger partial charge in [-0.15, -0.1) is 0 Å². The number of nitrogens with one attached hydrogen (secondary N) is 1. The van der Waals surface area contributed by atoms with E-state index in [1.807, 2.05) is 0 Å². The van der Waals surface area contributed by atoms with Crippen LogP contribution in [0.15, 0.2) is 36.4 Å². The summed E-state index contributed by atoms with van der Waals surface area (Å²) in [7, 11) is 0. The first-order valence-electron chi connectivity index (χ1n) is 5.70. The van der Waals surface area contributed by atoms with Crippen molar-refractivity contribution in [3.63, 3.8) is 0 Å². The molecule has 0 spiro atoms. The first kappa shape index (κ1) is 13.6. The van der Waals surface area contributed by atoms with Crippen molar-refractivity contribution in [2.75, 3.05) is 0 Å². The number of halogens is 3. The zero-order valence-electron chi connectivity index (χ0n) is 10.3. The van der Waals surface area contributed by atoms with E-state index < -0.39 is 23.5 Å². The summed E-state index contributed by atoms with van der Waals surface area (Å²) in [5.41, 5.74) is 3.11. The molecule has 0 saturated carbocycles. The number of aryl methyl sites for hydroxylation is 1. The highest BCUT2D eigenvalue weighted by atomic mass is 19.1.